The molecule has 1 aliphatic carbocycles. The minimum atomic E-state index is -1.31. The van der Waals surface area contributed by atoms with Gasteiger partial charge in [0.25, 0.3) is 0 Å². The summed E-state index contributed by atoms with van der Waals surface area (Å²) in [5, 5.41) is 9.42. The number of aromatic carboxylic acids is 1. The molecule has 26 heavy (non-hydrogen) atoms. The summed E-state index contributed by atoms with van der Waals surface area (Å²) < 4.78 is 22.1. The van der Waals surface area contributed by atoms with E-state index in [9.17, 15) is 19.1 Å². The summed E-state index contributed by atoms with van der Waals surface area (Å²) in [6, 6.07) is 1.27. The molecule has 1 aliphatic heterocycles. The van der Waals surface area contributed by atoms with Gasteiger partial charge in [-0.3, -0.25) is 4.79 Å². The number of carbonyl (C=O) groups is 1. The fourth-order valence-corrected chi connectivity index (χ4v) is 3.86. The van der Waals surface area contributed by atoms with E-state index in [4.69, 9.17) is 16.3 Å². The summed E-state index contributed by atoms with van der Waals surface area (Å²) in [6.45, 7) is 2.06. The molecule has 0 bridgehead atoms. The fraction of sp³-hybridized carbons (Fsp3) is 0.444. The highest BCUT2D eigenvalue weighted by atomic mass is 35.5. The van der Waals surface area contributed by atoms with Gasteiger partial charge in [0, 0.05) is 36.3 Å². The van der Waals surface area contributed by atoms with E-state index in [-0.39, 0.29) is 22.9 Å². The number of carboxylic acids is 1. The van der Waals surface area contributed by atoms with Crippen molar-refractivity contribution in [2.45, 2.75) is 24.8 Å². The predicted molar refractivity (Wildman–Crippen MR) is 96.0 cm³/mol. The maximum Gasteiger partial charge on any atom is 0.341 e. The lowest BCUT2D eigenvalue weighted by molar-refractivity contribution is 0.0695. The van der Waals surface area contributed by atoms with Crippen LogP contribution in [0.5, 0.6) is 0 Å². The zero-order chi connectivity index (χ0) is 18.4. The fourth-order valence-electron chi connectivity index (χ4n) is 3.61. The van der Waals surface area contributed by atoms with Gasteiger partial charge in [0.15, 0.2) is 0 Å². The maximum atomic E-state index is 15.0. The van der Waals surface area contributed by atoms with Crippen molar-refractivity contribution in [1.29, 1.82) is 0 Å². The highest BCUT2D eigenvalue weighted by Crippen LogP contribution is 2.40. The van der Waals surface area contributed by atoms with E-state index in [1.807, 2.05) is 4.90 Å². The smallest absolute Gasteiger partial charge is 0.341 e. The van der Waals surface area contributed by atoms with E-state index in [1.54, 1.807) is 4.57 Å². The maximum absolute atomic E-state index is 15.0. The van der Waals surface area contributed by atoms with Gasteiger partial charge in [-0.15, -0.1) is 11.6 Å². The predicted octanol–water partition coefficient (Wildman–Crippen LogP) is 2.75. The zero-order valence-corrected chi connectivity index (χ0v) is 14.8. The van der Waals surface area contributed by atoms with Crippen LogP contribution in [0.25, 0.3) is 10.9 Å². The number of rotatable bonds is 4. The summed E-state index contributed by atoms with van der Waals surface area (Å²) in [7, 11) is 0. The van der Waals surface area contributed by atoms with E-state index < -0.39 is 17.2 Å². The summed E-state index contributed by atoms with van der Waals surface area (Å²) in [4.78, 5) is 26.0. The third kappa shape index (κ3) is 2.75. The van der Waals surface area contributed by atoms with Crippen LogP contribution in [0.4, 0.5) is 10.1 Å². The van der Waals surface area contributed by atoms with E-state index >= 15 is 0 Å². The third-order valence-electron chi connectivity index (χ3n) is 4.97. The van der Waals surface area contributed by atoms with E-state index in [0.717, 1.165) is 18.9 Å². The normalized spacial score (nSPS) is 17.7. The second-order valence-corrected chi connectivity index (χ2v) is 6.90. The standard InChI is InChI=1S/C18H18ClFN2O4/c19-8-12-15-11(7-14(20)16(12)21-3-5-26-6-4-21)17(23)13(18(24)25)9-22(15)10-1-2-10/h7,9-10H,1-6,8H2,(H,24,25). The van der Waals surface area contributed by atoms with Crippen molar-refractivity contribution >= 4 is 34.2 Å². The molecule has 4 rings (SSSR count). The molecule has 2 aliphatic rings. The van der Waals surface area contributed by atoms with Crippen LogP contribution >= 0.6 is 11.6 Å². The number of ether oxygens (including phenoxy) is 1. The van der Waals surface area contributed by atoms with Crippen LogP contribution in [0.15, 0.2) is 17.1 Å². The number of aromatic nitrogens is 1. The SMILES string of the molecule is O=C(O)c1cn(C2CC2)c2c(CCl)c(N3CCOCC3)c(F)cc2c1=O. The molecule has 0 radical (unpaired) electrons. The molecule has 1 saturated heterocycles. The first-order valence-electron chi connectivity index (χ1n) is 8.55. The van der Waals surface area contributed by atoms with E-state index in [2.05, 4.69) is 0 Å². The molecular weight excluding hydrogens is 363 g/mol. The number of alkyl halides is 1. The zero-order valence-electron chi connectivity index (χ0n) is 14.0. The molecule has 1 aromatic heterocycles. The minimum absolute atomic E-state index is 0.0273. The Morgan fingerprint density at radius 3 is 2.62 bits per heavy atom. The summed E-state index contributed by atoms with van der Waals surface area (Å²) in [5.74, 6) is -1.84. The number of carboxylic acid groups (broad SMARTS) is 1. The Bertz CT molecular complexity index is 949. The lowest BCUT2D eigenvalue weighted by Gasteiger charge is -2.31. The number of nitrogens with zero attached hydrogens (tertiary/aromatic N) is 2. The monoisotopic (exact) mass is 380 g/mol. The summed E-state index contributed by atoms with van der Waals surface area (Å²) in [5.41, 5.74) is 0.434. The molecule has 0 amide bonds. The van der Waals surface area contributed by atoms with Crippen molar-refractivity contribution < 1.29 is 19.0 Å². The van der Waals surface area contributed by atoms with Crippen LogP contribution in [0.3, 0.4) is 0 Å². The molecule has 138 valence electrons. The second-order valence-electron chi connectivity index (χ2n) is 6.63. The number of hydrogen-bond donors (Lipinski definition) is 1. The molecular formula is C18H18ClFN2O4. The number of halogens is 2. The molecule has 6 nitrogen and oxygen atoms in total. The number of pyridine rings is 1. The Labute approximate surface area is 153 Å². The molecule has 0 spiro atoms. The van der Waals surface area contributed by atoms with Crippen molar-refractivity contribution in [3.63, 3.8) is 0 Å². The molecule has 0 unspecified atom stereocenters. The number of fused-ring (bicyclic) bond motifs is 1. The highest BCUT2D eigenvalue weighted by molar-refractivity contribution is 6.18. The van der Waals surface area contributed by atoms with Gasteiger partial charge in [-0.1, -0.05) is 0 Å². The van der Waals surface area contributed by atoms with Gasteiger partial charge in [0.1, 0.15) is 11.4 Å². The van der Waals surface area contributed by atoms with Crippen molar-refractivity contribution in [2.24, 2.45) is 0 Å². The van der Waals surface area contributed by atoms with Gasteiger partial charge < -0.3 is 19.3 Å². The Balaban J connectivity index is 2.05. The first kappa shape index (κ1) is 17.3. The van der Waals surface area contributed by atoms with Crippen molar-refractivity contribution in [3.8, 4) is 0 Å². The largest absolute Gasteiger partial charge is 0.477 e. The topological polar surface area (TPSA) is 71.8 Å². The molecule has 8 heteroatoms. The third-order valence-corrected chi connectivity index (χ3v) is 5.24. The van der Waals surface area contributed by atoms with Crippen LogP contribution in [-0.2, 0) is 10.6 Å². The molecule has 1 saturated carbocycles. The Hall–Kier alpha value is -2.12. The number of anilines is 1. The average Bonchev–Trinajstić information content (AvgIpc) is 3.47. The van der Waals surface area contributed by atoms with Crippen molar-refractivity contribution in [1.82, 2.24) is 4.57 Å². The Morgan fingerprint density at radius 2 is 2.04 bits per heavy atom. The van der Waals surface area contributed by atoms with Crippen molar-refractivity contribution in [3.05, 3.63) is 39.4 Å². The van der Waals surface area contributed by atoms with E-state index in [1.165, 1.54) is 6.20 Å². The number of benzene rings is 1. The molecule has 1 N–H and O–H groups in total. The average molecular weight is 381 g/mol. The number of morpholine rings is 1. The van der Waals surface area contributed by atoms with Gasteiger partial charge >= 0.3 is 5.97 Å². The molecule has 2 aromatic rings. The minimum Gasteiger partial charge on any atom is -0.477 e. The first-order valence-corrected chi connectivity index (χ1v) is 9.08. The second kappa shape index (κ2) is 6.55. The van der Waals surface area contributed by atoms with Crippen LogP contribution in [0, 0.1) is 5.82 Å². The summed E-state index contributed by atoms with van der Waals surface area (Å²) >= 11 is 6.20. The van der Waals surface area contributed by atoms with Crippen LogP contribution in [-0.4, -0.2) is 41.9 Å². The van der Waals surface area contributed by atoms with Gasteiger partial charge in [0.2, 0.25) is 5.43 Å². The Kier molecular flexibility index (Phi) is 4.36. The van der Waals surface area contributed by atoms with Crippen molar-refractivity contribution in [2.75, 3.05) is 31.2 Å². The lowest BCUT2D eigenvalue weighted by atomic mass is 10.0. The van der Waals surface area contributed by atoms with Gasteiger partial charge in [0.05, 0.1) is 30.3 Å². The van der Waals surface area contributed by atoms with E-state index in [0.29, 0.717) is 43.1 Å². The van der Waals surface area contributed by atoms with Crippen LogP contribution < -0.4 is 10.3 Å². The van der Waals surface area contributed by atoms with Gasteiger partial charge in [-0.25, -0.2) is 9.18 Å². The number of hydrogen-bond acceptors (Lipinski definition) is 4. The van der Waals surface area contributed by atoms with Crippen LogP contribution in [0.1, 0.15) is 34.8 Å². The molecule has 2 heterocycles. The molecule has 0 atom stereocenters. The molecule has 2 fully saturated rings. The molecule has 1 aromatic carbocycles. The quantitative estimate of drug-likeness (QED) is 0.826. The Morgan fingerprint density at radius 1 is 1.35 bits per heavy atom. The summed E-state index contributed by atoms with van der Waals surface area (Å²) in [6.07, 6.45) is 3.16. The highest BCUT2D eigenvalue weighted by Gasteiger charge is 2.30. The van der Waals surface area contributed by atoms with Gasteiger partial charge in [-0.2, -0.15) is 0 Å². The van der Waals surface area contributed by atoms with Gasteiger partial charge in [-0.05, 0) is 18.9 Å². The van der Waals surface area contributed by atoms with Crippen LogP contribution in [0.2, 0.25) is 0 Å². The first-order chi connectivity index (χ1) is 12.5. The lowest BCUT2D eigenvalue weighted by Crippen LogP contribution is -2.37.